The fraction of sp³-hybridized carbons (Fsp3) is 0.333. The van der Waals surface area contributed by atoms with Crippen molar-refractivity contribution in [3.63, 3.8) is 0 Å². The maximum Gasteiger partial charge on any atom is 0.214 e. The van der Waals surface area contributed by atoms with E-state index >= 15 is 0 Å². The van der Waals surface area contributed by atoms with E-state index in [9.17, 15) is 0 Å². The van der Waals surface area contributed by atoms with Crippen LogP contribution in [0.3, 0.4) is 0 Å². The van der Waals surface area contributed by atoms with Crippen molar-refractivity contribution < 1.29 is 14.2 Å². The van der Waals surface area contributed by atoms with E-state index in [1.54, 1.807) is 7.11 Å². The summed E-state index contributed by atoms with van der Waals surface area (Å²) >= 11 is 0. The first-order valence-corrected chi connectivity index (χ1v) is 9.10. The van der Waals surface area contributed by atoms with Gasteiger partial charge >= 0.3 is 0 Å². The van der Waals surface area contributed by atoms with Gasteiger partial charge in [0.15, 0.2) is 0 Å². The molecule has 6 heteroatoms. The van der Waals surface area contributed by atoms with E-state index in [1.165, 1.54) is 0 Å². The molecule has 0 amide bonds. The minimum Gasteiger partial charge on any atom is -0.497 e. The maximum atomic E-state index is 5.87. The third kappa shape index (κ3) is 3.95. The van der Waals surface area contributed by atoms with Crippen molar-refractivity contribution in [2.45, 2.75) is 19.6 Å². The number of nitrogens with zero attached hydrogens (tertiary/aromatic N) is 3. The molecule has 1 atom stereocenters. The normalized spacial score (nSPS) is 17.1. The van der Waals surface area contributed by atoms with Gasteiger partial charge in [-0.25, -0.2) is 4.98 Å². The fourth-order valence-electron chi connectivity index (χ4n) is 3.20. The minimum absolute atomic E-state index is 0.326. The molecule has 140 valence electrons. The predicted molar refractivity (Wildman–Crippen MR) is 104 cm³/mol. The van der Waals surface area contributed by atoms with Crippen LogP contribution in [0.15, 0.2) is 48.7 Å². The molecular weight excluding hydrogens is 342 g/mol. The van der Waals surface area contributed by atoms with Crippen LogP contribution in [0.5, 0.6) is 11.6 Å². The molecule has 1 aromatic carbocycles. The van der Waals surface area contributed by atoms with Crippen LogP contribution >= 0.6 is 0 Å². The Balaban J connectivity index is 1.51. The van der Waals surface area contributed by atoms with Crippen molar-refractivity contribution in [3.8, 4) is 11.6 Å². The smallest absolute Gasteiger partial charge is 0.214 e. The second kappa shape index (κ2) is 7.80. The number of anilines is 1. The molecule has 0 N–H and O–H groups in total. The SMILES string of the molecule is COc1ccc(COc2ccc3ncc(N4CCOCC4C)cc3n2)cc1. The summed E-state index contributed by atoms with van der Waals surface area (Å²) in [7, 11) is 1.66. The van der Waals surface area contributed by atoms with Crippen molar-refractivity contribution >= 4 is 16.7 Å². The number of hydrogen-bond acceptors (Lipinski definition) is 6. The Kier molecular flexibility index (Phi) is 5.07. The van der Waals surface area contributed by atoms with E-state index in [-0.39, 0.29) is 0 Å². The Morgan fingerprint density at radius 2 is 2.00 bits per heavy atom. The monoisotopic (exact) mass is 365 g/mol. The topological polar surface area (TPSA) is 56.7 Å². The van der Waals surface area contributed by atoms with E-state index in [0.29, 0.717) is 18.5 Å². The van der Waals surface area contributed by atoms with E-state index < -0.39 is 0 Å². The van der Waals surface area contributed by atoms with E-state index in [2.05, 4.69) is 27.9 Å². The highest BCUT2D eigenvalue weighted by atomic mass is 16.5. The zero-order valence-electron chi connectivity index (χ0n) is 15.6. The Morgan fingerprint density at radius 1 is 1.15 bits per heavy atom. The van der Waals surface area contributed by atoms with Gasteiger partial charge in [-0.05, 0) is 36.8 Å². The summed E-state index contributed by atoms with van der Waals surface area (Å²) in [6.45, 7) is 4.95. The van der Waals surface area contributed by atoms with Gasteiger partial charge in [0.1, 0.15) is 12.4 Å². The molecule has 0 saturated carbocycles. The first kappa shape index (κ1) is 17.5. The summed E-state index contributed by atoms with van der Waals surface area (Å²) in [4.78, 5) is 11.5. The number of pyridine rings is 2. The van der Waals surface area contributed by atoms with E-state index in [0.717, 1.165) is 47.8 Å². The number of methoxy groups -OCH3 is 1. The maximum absolute atomic E-state index is 5.87. The Bertz CT molecular complexity index is 914. The summed E-state index contributed by atoms with van der Waals surface area (Å²) < 4.78 is 16.6. The third-order valence-corrected chi connectivity index (χ3v) is 4.74. The highest BCUT2D eigenvalue weighted by molar-refractivity contribution is 5.78. The number of morpholine rings is 1. The largest absolute Gasteiger partial charge is 0.497 e. The summed E-state index contributed by atoms with van der Waals surface area (Å²) in [6.07, 6.45) is 1.91. The fourth-order valence-corrected chi connectivity index (χ4v) is 3.20. The molecule has 1 fully saturated rings. The van der Waals surface area contributed by atoms with Gasteiger partial charge in [0.05, 0.1) is 43.2 Å². The zero-order chi connectivity index (χ0) is 18.6. The van der Waals surface area contributed by atoms with Crippen molar-refractivity contribution in [3.05, 3.63) is 54.2 Å². The predicted octanol–water partition coefficient (Wildman–Crippen LogP) is 3.44. The lowest BCUT2D eigenvalue weighted by atomic mass is 10.2. The van der Waals surface area contributed by atoms with Gasteiger partial charge in [-0.2, -0.15) is 0 Å². The molecule has 1 unspecified atom stereocenters. The van der Waals surface area contributed by atoms with E-state index in [4.69, 9.17) is 14.2 Å². The third-order valence-electron chi connectivity index (χ3n) is 4.74. The first-order chi connectivity index (χ1) is 13.2. The Labute approximate surface area is 158 Å². The Hall–Kier alpha value is -2.86. The standard InChI is InChI=1S/C21H23N3O3/c1-15-13-26-10-9-24(15)17-11-20-19(22-12-17)7-8-21(23-20)27-14-16-3-5-18(25-2)6-4-16/h3-8,11-12,15H,9-10,13-14H2,1-2H3. The molecule has 27 heavy (non-hydrogen) atoms. The van der Waals surface area contributed by atoms with Gasteiger partial charge in [-0.3, -0.25) is 4.98 Å². The van der Waals surface area contributed by atoms with Crippen LogP contribution in [0, 0.1) is 0 Å². The molecule has 0 radical (unpaired) electrons. The number of rotatable bonds is 5. The summed E-state index contributed by atoms with van der Waals surface area (Å²) in [5.41, 5.74) is 3.82. The molecule has 4 rings (SSSR count). The molecule has 1 aliphatic rings. The van der Waals surface area contributed by atoms with Crippen molar-refractivity contribution in [2.24, 2.45) is 0 Å². The quantitative estimate of drug-likeness (QED) is 0.690. The number of ether oxygens (including phenoxy) is 3. The van der Waals surface area contributed by atoms with Crippen LogP contribution in [0.1, 0.15) is 12.5 Å². The second-order valence-corrected chi connectivity index (χ2v) is 6.64. The van der Waals surface area contributed by atoms with Gasteiger partial charge in [0.2, 0.25) is 5.88 Å². The highest BCUT2D eigenvalue weighted by Gasteiger charge is 2.19. The molecule has 1 saturated heterocycles. The van der Waals surface area contributed by atoms with Crippen molar-refractivity contribution in [2.75, 3.05) is 31.8 Å². The Morgan fingerprint density at radius 3 is 2.78 bits per heavy atom. The van der Waals surface area contributed by atoms with Gasteiger partial charge < -0.3 is 19.1 Å². The molecule has 1 aliphatic heterocycles. The average molecular weight is 365 g/mol. The van der Waals surface area contributed by atoms with Gasteiger partial charge in [0, 0.05) is 18.7 Å². The van der Waals surface area contributed by atoms with Crippen LogP contribution in [0.25, 0.3) is 11.0 Å². The van der Waals surface area contributed by atoms with Crippen LogP contribution < -0.4 is 14.4 Å². The lowest BCUT2D eigenvalue weighted by Crippen LogP contribution is -2.43. The first-order valence-electron chi connectivity index (χ1n) is 9.10. The number of benzene rings is 1. The summed E-state index contributed by atoms with van der Waals surface area (Å²) in [6, 6.07) is 14.0. The number of hydrogen-bond donors (Lipinski definition) is 0. The lowest BCUT2D eigenvalue weighted by Gasteiger charge is -2.35. The van der Waals surface area contributed by atoms with Gasteiger partial charge in [-0.15, -0.1) is 0 Å². The summed E-state index contributed by atoms with van der Waals surface area (Å²) in [5, 5.41) is 0. The number of aromatic nitrogens is 2. The molecule has 2 aromatic heterocycles. The zero-order valence-corrected chi connectivity index (χ0v) is 15.6. The number of fused-ring (bicyclic) bond motifs is 1. The summed E-state index contributed by atoms with van der Waals surface area (Å²) in [5.74, 6) is 1.42. The van der Waals surface area contributed by atoms with Crippen LogP contribution in [-0.4, -0.2) is 42.9 Å². The average Bonchev–Trinajstić information content (AvgIpc) is 2.72. The minimum atomic E-state index is 0.326. The molecule has 3 heterocycles. The lowest BCUT2D eigenvalue weighted by molar-refractivity contribution is 0.0989. The van der Waals surface area contributed by atoms with E-state index in [1.807, 2.05) is 42.6 Å². The van der Waals surface area contributed by atoms with Crippen LogP contribution in [0.4, 0.5) is 5.69 Å². The second-order valence-electron chi connectivity index (χ2n) is 6.64. The van der Waals surface area contributed by atoms with Gasteiger partial charge in [0.25, 0.3) is 0 Å². The highest BCUT2D eigenvalue weighted by Crippen LogP contribution is 2.24. The molecular formula is C21H23N3O3. The van der Waals surface area contributed by atoms with Crippen molar-refractivity contribution in [1.29, 1.82) is 0 Å². The molecule has 0 bridgehead atoms. The molecule has 3 aromatic rings. The van der Waals surface area contributed by atoms with Crippen LogP contribution in [-0.2, 0) is 11.3 Å². The molecule has 0 spiro atoms. The van der Waals surface area contributed by atoms with Crippen LogP contribution in [0.2, 0.25) is 0 Å². The van der Waals surface area contributed by atoms with Crippen molar-refractivity contribution in [1.82, 2.24) is 9.97 Å². The molecule has 0 aliphatic carbocycles. The molecule has 6 nitrogen and oxygen atoms in total. The van der Waals surface area contributed by atoms with Gasteiger partial charge in [-0.1, -0.05) is 12.1 Å².